The number of aryl methyl sites for hydroxylation is 3. The van der Waals surface area contributed by atoms with E-state index in [-0.39, 0.29) is 11.7 Å². The molecule has 1 amide bonds. The summed E-state index contributed by atoms with van der Waals surface area (Å²) in [4.78, 5) is 21.7. The van der Waals surface area contributed by atoms with Gasteiger partial charge >= 0.3 is 0 Å². The summed E-state index contributed by atoms with van der Waals surface area (Å²) in [5.74, 6) is 1.71. The Morgan fingerprint density at radius 3 is 2.41 bits per heavy atom. The van der Waals surface area contributed by atoms with Crippen molar-refractivity contribution in [3.8, 4) is 11.5 Å². The summed E-state index contributed by atoms with van der Waals surface area (Å²) in [6.07, 6.45) is 0.780. The van der Waals surface area contributed by atoms with Gasteiger partial charge in [0.25, 0.3) is 5.78 Å². The standard InChI is InChI=1S/C25H27N5O3S/c1-15-8-6-7-9-18(15)10-22-16(2)26-24-28-25(29-30(24)17(22)3)34-14-23(31)27-19-11-20(32-4)13-21(12-19)33-5/h6-9,11-13H,10,14H2,1-5H3,(H,27,31). The maximum atomic E-state index is 12.5. The number of ether oxygens (including phenoxy) is 2. The van der Waals surface area contributed by atoms with Gasteiger partial charge in [-0.05, 0) is 37.5 Å². The lowest BCUT2D eigenvalue weighted by Gasteiger charge is -2.12. The molecule has 0 spiro atoms. The number of hydrogen-bond donors (Lipinski definition) is 1. The second-order valence-corrected chi connectivity index (χ2v) is 8.85. The third kappa shape index (κ3) is 5.14. The fraction of sp³-hybridized carbons (Fsp3) is 0.280. The van der Waals surface area contributed by atoms with Crippen molar-refractivity contribution < 1.29 is 14.3 Å². The van der Waals surface area contributed by atoms with E-state index in [9.17, 15) is 4.79 Å². The van der Waals surface area contributed by atoms with E-state index in [0.717, 1.165) is 23.4 Å². The molecule has 0 atom stereocenters. The number of rotatable bonds is 8. The molecular formula is C25H27N5O3S. The van der Waals surface area contributed by atoms with Gasteiger partial charge in [-0.3, -0.25) is 4.79 Å². The predicted octanol–water partition coefficient (Wildman–Crippen LogP) is 4.39. The molecule has 4 rings (SSSR count). The quantitative estimate of drug-likeness (QED) is 0.377. The maximum Gasteiger partial charge on any atom is 0.253 e. The Morgan fingerprint density at radius 1 is 1.03 bits per heavy atom. The first-order chi connectivity index (χ1) is 16.4. The van der Waals surface area contributed by atoms with Crippen LogP contribution in [0.25, 0.3) is 5.78 Å². The zero-order chi connectivity index (χ0) is 24.2. The largest absolute Gasteiger partial charge is 0.497 e. The van der Waals surface area contributed by atoms with Gasteiger partial charge in [-0.15, -0.1) is 5.10 Å². The topological polar surface area (TPSA) is 90.6 Å². The third-order valence-electron chi connectivity index (χ3n) is 5.63. The molecule has 1 N–H and O–H groups in total. The van der Waals surface area contributed by atoms with Gasteiger partial charge in [-0.25, -0.2) is 9.50 Å². The highest BCUT2D eigenvalue weighted by atomic mass is 32.2. The van der Waals surface area contributed by atoms with Gasteiger partial charge in [0.15, 0.2) is 0 Å². The van der Waals surface area contributed by atoms with E-state index < -0.39 is 0 Å². The first kappa shape index (κ1) is 23.6. The highest BCUT2D eigenvalue weighted by Gasteiger charge is 2.16. The molecule has 8 nitrogen and oxygen atoms in total. The van der Waals surface area contributed by atoms with E-state index in [1.807, 2.05) is 19.9 Å². The molecule has 34 heavy (non-hydrogen) atoms. The number of carbonyl (C=O) groups excluding carboxylic acids is 1. The number of amides is 1. The first-order valence-electron chi connectivity index (χ1n) is 10.8. The molecule has 0 aliphatic rings. The smallest absolute Gasteiger partial charge is 0.253 e. The van der Waals surface area contributed by atoms with Gasteiger partial charge in [0.1, 0.15) is 11.5 Å². The Morgan fingerprint density at radius 2 is 1.74 bits per heavy atom. The normalized spacial score (nSPS) is 11.0. The molecule has 0 aliphatic heterocycles. The van der Waals surface area contributed by atoms with E-state index >= 15 is 0 Å². The van der Waals surface area contributed by atoms with Crippen molar-refractivity contribution >= 4 is 29.1 Å². The van der Waals surface area contributed by atoms with Gasteiger partial charge in [0.2, 0.25) is 11.1 Å². The van der Waals surface area contributed by atoms with E-state index in [1.54, 1.807) is 36.9 Å². The lowest BCUT2D eigenvalue weighted by molar-refractivity contribution is -0.113. The Balaban J connectivity index is 1.48. The molecule has 0 saturated heterocycles. The summed E-state index contributed by atoms with van der Waals surface area (Å²) in [6, 6.07) is 13.6. The number of thioether (sulfide) groups is 1. The number of fused-ring (bicyclic) bond motifs is 1. The molecule has 0 saturated carbocycles. The number of hydrogen-bond acceptors (Lipinski definition) is 7. The van der Waals surface area contributed by atoms with Gasteiger partial charge in [-0.2, -0.15) is 4.98 Å². The second-order valence-electron chi connectivity index (χ2n) is 7.91. The number of aromatic nitrogens is 4. The third-order valence-corrected chi connectivity index (χ3v) is 6.46. The van der Waals surface area contributed by atoms with Crippen molar-refractivity contribution in [2.24, 2.45) is 0 Å². The van der Waals surface area contributed by atoms with Crippen LogP contribution in [-0.2, 0) is 11.2 Å². The fourth-order valence-corrected chi connectivity index (χ4v) is 4.33. The van der Waals surface area contributed by atoms with Crippen LogP contribution in [0.4, 0.5) is 5.69 Å². The summed E-state index contributed by atoms with van der Waals surface area (Å²) in [6.45, 7) is 6.14. The van der Waals surface area contributed by atoms with Gasteiger partial charge < -0.3 is 14.8 Å². The Bertz CT molecular complexity index is 1330. The highest BCUT2D eigenvalue weighted by molar-refractivity contribution is 7.99. The molecule has 2 aromatic heterocycles. The first-order valence-corrected chi connectivity index (χ1v) is 11.8. The second kappa shape index (κ2) is 10.1. The average Bonchev–Trinajstić information content (AvgIpc) is 3.24. The van der Waals surface area contributed by atoms with Crippen LogP contribution in [0.2, 0.25) is 0 Å². The summed E-state index contributed by atoms with van der Waals surface area (Å²) < 4.78 is 12.3. The highest BCUT2D eigenvalue weighted by Crippen LogP contribution is 2.26. The summed E-state index contributed by atoms with van der Waals surface area (Å²) in [7, 11) is 3.13. The lowest BCUT2D eigenvalue weighted by atomic mass is 9.99. The summed E-state index contributed by atoms with van der Waals surface area (Å²) in [5, 5.41) is 7.96. The summed E-state index contributed by atoms with van der Waals surface area (Å²) in [5.41, 5.74) is 6.16. The average molecular weight is 478 g/mol. The van der Waals surface area contributed by atoms with Crippen LogP contribution in [0.1, 0.15) is 28.1 Å². The van der Waals surface area contributed by atoms with Crippen molar-refractivity contribution in [3.05, 3.63) is 70.5 Å². The van der Waals surface area contributed by atoms with Crippen molar-refractivity contribution in [2.75, 3.05) is 25.3 Å². The minimum absolute atomic E-state index is 0.157. The van der Waals surface area contributed by atoms with Crippen molar-refractivity contribution in [3.63, 3.8) is 0 Å². The lowest BCUT2D eigenvalue weighted by Crippen LogP contribution is -2.14. The number of anilines is 1. The number of carbonyl (C=O) groups is 1. The molecule has 0 radical (unpaired) electrons. The fourth-order valence-electron chi connectivity index (χ4n) is 3.71. The van der Waals surface area contributed by atoms with Gasteiger partial charge in [0, 0.05) is 41.7 Å². The zero-order valence-corrected chi connectivity index (χ0v) is 20.7. The number of nitrogens with one attached hydrogen (secondary N) is 1. The van der Waals surface area contributed by atoms with Crippen LogP contribution >= 0.6 is 11.8 Å². The molecule has 2 heterocycles. The van der Waals surface area contributed by atoms with Gasteiger partial charge in [-0.1, -0.05) is 36.0 Å². The number of nitrogens with zero attached hydrogens (tertiary/aromatic N) is 4. The number of methoxy groups -OCH3 is 2. The van der Waals surface area contributed by atoms with Crippen molar-refractivity contribution in [1.29, 1.82) is 0 Å². The Kier molecular flexibility index (Phi) is 7.02. The predicted molar refractivity (Wildman–Crippen MR) is 133 cm³/mol. The Labute approximate surface area is 202 Å². The molecule has 0 aliphatic carbocycles. The van der Waals surface area contributed by atoms with Crippen molar-refractivity contribution in [1.82, 2.24) is 19.6 Å². The molecule has 2 aromatic carbocycles. The summed E-state index contributed by atoms with van der Waals surface area (Å²) >= 11 is 1.26. The molecule has 4 aromatic rings. The minimum Gasteiger partial charge on any atom is -0.497 e. The van der Waals surface area contributed by atoms with E-state index in [0.29, 0.717) is 28.1 Å². The number of benzene rings is 2. The van der Waals surface area contributed by atoms with Crippen molar-refractivity contribution in [2.45, 2.75) is 32.3 Å². The Hall–Kier alpha value is -3.59. The maximum absolute atomic E-state index is 12.5. The molecule has 9 heteroatoms. The van der Waals surface area contributed by atoms with Crippen LogP contribution in [0.5, 0.6) is 11.5 Å². The van der Waals surface area contributed by atoms with E-state index in [4.69, 9.17) is 9.47 Å². The van der Waals surface area contributed by atoms with E-state index in [1.165, 1.54) is 22.9 Å². The molecular weight excluding hydrogens is 450 g/mol. The zero-order valence-electron chi connectivity index (χ0n) is 19.9. The molecule has 176 valence electrons. The van der Waals surface area contributed by atoms with Crippen LogP contribution in [0, 0.1) is 20.8 Å². The minimum atomic E-state index is -0.180. The van der Waals surface area contributed by atoms with Crippen LogP contribution in [-0.4, -0.2) is 45.5 Å². The molecule has 0 unspecified atom stereocenters. The van der Waals surface area contributed by atoms with E-state index in [2.05, 4.69) is 45.5 Å². The SMILES string of the molecule is COc1cc(NC(=O)CSc2nc3nc(C)c(Cc4ccccc4C)c(C)n3n2)cc(OC)c1. The monoisotopic (exact) mass is 477 g/mol. The molecule has 0 fully saturated rings. The molecule has 0 bridgehead atoms. The van der Waals surface area contributed by atoms with Crippen LogP contribution in [0.15, 0.2) is 47.6 Å². The van der Waals surface area contributed by atoms with Crippen LogP contribution in [0.3, 0.4) is 0 Å². The van der Waals surface area contributed by atoms with Crippen LogP contribution < -0.4 is 14.8 Å². The van der Waals surface area contributed by atoms with Gasteiger partial charge in [0.05, 0.1) is 20.0 Å².